The van der Waals surface area contributed by atoms with E-state index in [0.29, 0.717) is 0 Å². The molecule has 0 N–H and O–H groups in total. The molecule has 0 aromatic heterocycles. The highest BCUT2D eigenvalue weighted by atomic mass is 16.6. The Balaban J connectivity index is 2.16. The van der Waals surface area contributed by atoms with Crippen molar-refractivity contribution in [1.29, 1.82) is 5.26 Å². The zero-order chi connectivity index (χ0) is 10.1. The fourth-order valence-corrected chi connectivity index (χ4v) is 1.25. The summed E-state index contributed by atoms with van der Waals surface area (Å²) in [5.41, 5.74) is 0.852. The summed E-state index contributed by atoms with van der Waals surface area (Å²) < 4.78 is 5.02. The van der Waals surface area contributed by atoms with Crippen LogP contribution in [0.15, 0.2) is 24.3 Å². The molecule has 0 bridgehead atoms. The second-order valence-corrected chi connectivity index (χ2v) is 2.96. The van der Waals surface area contributed by atoms with Gasteiger partial charge in [0.05, 0.1) is 11.0 Å². The Morgan fingerprint density at radius 1 is 1.43 bits per heavy atom. The average Bonchev–Trinajstić information content (AvgIpc) is 2.97. The van der Waals surface area contributed by atoms with Gasteiger partial charge in [0, 0.05) is 12.1 Å². The first-order valence-electron chi connectivity index (χ1n) is 4.02. The van der Waals surface area contributed by atoms with Crippen LogP contribution in [0.2, 0.25) is 0 Å². The lowest BCUT2D eigenvalue weighted by Gasteiger charge is -1.93. The highest BCUT2D eigenvalue weighted by molar-refractivity contribution is 5.36. The monoisotopic (exact) mass is 190 g/mol. The maximum Gasteiger partial charge on any atom is 0.269 e. The molecule has 2 atom stereocenters. The van der Waals surface area contributed by atoms with Gasteiger partial charge in [-0.05, 0) is 17.7 Å². The molecule has 0 unspecified atom stereocenters. The molecule has 0 aliphatic carbocycles. The number of epoxide rings is 1. The van der Waals surface area contributed by atoms with Crippen LogP contribution in [0.4, 0.5) is 5.69 Å². The first kappa shape index (κ1) is 8.66. The third-order valence-electron chi connectivity index (χ3n) is 2.05. The standard InChI is InChI=1S/C9H6N2O3/c10-5-8-9(14-8)6-1-3-7(4-2-6)11(12)13/h1-4,8-9H/t8-,9+/m1/s1. The second kappa shape index (κ2) is 3.09. The first-order valence-corrected chi connectivity index (χ1v) is 4.02. The predicted molar refractivity (Wildman–Crippen MR) is 46.3 cm³/mol. The molecule has 0 radical (unpaired) electrons. The summed E-state index contributed by atoms with van der Waals surface area (Å²) >= 11 is 0. The first-order chi connectivity index (χ1) is 6.72. The maximum atomic E-state index is 10.3. The lowest BCUT2D eigenvalue weighted by molar-refractivity contribution is -0.384. The fraction of sp³-hybridized carbons (Fsp3) is 0.222. The van der Waals surface area contributed by atoms with E-state index in [1.54, 1.807) is 12.1 Å². The number of ether oxygens (including phenoxy) is 1. The summed E-state index contributed by atoms with van der Waals surface area (Å²) in [6.45, 7) is 0. The Hall–Kier alpha value is -1.93. The molecule has 5 heteroatoms. The molecule has 0 spiro atoms. The number of non-ortho nitro benzene ring substituents is 1. The average molecular weight is 190 g/mol. The van der Waals surface area contributed by atoms with Crippen LogP contribution in [0.5, 0.6) is 0 Å². The van der Waals surface area contributed by atoms with Crippen molar-refractivity contribution in [2.45, 2.75) is 12.2 Å². The van der Waals surface area contributed by atoms with Crippen LogP contribution >= 0.6 is 0 Å². The number of benzene rings is 1. The third kappa shape index (κ3) is 1.43. The molecule has 2 rings (SSSR count). The lowest BCUT2D eigenvalue weighted by Crippen LogP contribution is -1.89. The zero-order valence-electron chi connectivity index (χ0n) is 7.08. The van der Waals surface area contributed by atoms with Gasteiger partial charge in [-0.15, -0.1) is 0 Å². The van der Waals surface area contributed by atoms with Crippen molar-refractivity contribution in [3.05, 3.63) is 39.9 Å². The fourth-order valence-electron chi connectivity index (χ4n) is 1.25. The van der Waals surface area contributed by atoms with Crippen LogP contribution in [-0.2, 0) is 4.74 Å². The number of nitrogens with zero attached hydrogens (tertiary/aromatic N) is 2. The van der Waals surface area contributed by atoms with E-state index in [2.05, 4.69) is 0 Å². The van der Waals surface area contributed by atoms with Crippen LogP contribution in [0, 0.1) is 21.4 Å². The van der Waals surface area contributed by atoms with Crippen LogP contribution in [0.3, 0.4) is 0 Å². The summed E-state index contributed by atoms with van der Waals surface area (Å²) in [6, 6.07) is 8.01. The molecule has 1 aliphatic rings. The number of nitro groups is 1. The largest absolute Gasteiger partial charge is 0.348 e. The quantitative estimate of drug-likeness (QED) is 0.402. The van der Waals surface area contributed by atoms with Crippen molar-refractivity contribution in [2.24, 2.45) is 0 Å². The molecule has 0 amide bonds. The molecular weight excluding hydrogens is 184 g/mol. The van der Waals surface area contributed by atoms with Crippen molar-refractivity contribution >= 4 is 5.69 Å². The molecule has 5 nitrogen and oxygen atoms in total. The lowest BCUT2D eigenvalue weighted by atomic mass is 10.1. The smallest absolute Gasteiger partial charge is 0.269 e. The summed E-state index contributed by atoms with van der Waals surface area (Å²) in [5, 5.41) is 18.8. The minimum Gasteiger partial charge on any atom is -0.348 e. The van der Waals surface area contributed by atoms with E-state index in [9.17, 15) is 10.1 Å². The molecule has 1 heterocycles. The highest BCUT2D eigenvalue weighted by Crippen LogP contribution is 2.38. The van der Waals surface area contributed by atoms with E-state index in [0.717, 1.165) is 5.56 Å². The van der Waals surface area contributed by atoms with E-state index < -0.39 is 11.0 Å². The van der Waals surface area contributed by atoms with Crippen molar-refractivity contribution in [2.75, 3.05) is 0 Å². The summed E-state index contributed by atoms with van der Waals surface area (Å²) in [6.07, 6.45) is -0.600. The van der Waals surface area contributed by atoms with E-state index in [4.69, 9.17) is 10.00 Å². The van der Waals surface area contributed by atoms with Crippen LogP contribution < -0.4 is 0 Å². The van der Waals surface area contributed by atoms with Crippen LogP contribution in [-0.4, -0.2) is 11.0 Å². The Morgan fingerprint density at radius 3 is 2.50 bits per heavy atom. The van der Waals surface area contributed by atoms with Gasteiger partial charge >= 0.3 is 0 Å². The number of rotatable bonds is 2. The Kier molecular flexibility index (Phi) is 1.91. The van der Waals surface area contributed by atoms with E-state index in [1.807, 2.05) is 6.07 Å². The third-order valence-corrected chi connectivity index (χ3v) is 2.05. The molecule has 0 saturated carbocycles. The van der Waals surface area contributed by atoms with Gasteiger partial charge in [0.25, 0.3) is 5.69 Å². The second-order valence-electron chi connectivity index (χ2n) is 2.96. The molecule has 1 aliphatic heterocycles. The van der Waals surface area contributed by atoms with Gasteiger partial charge in [-0.2, -0.15) is 5.26 Å². The molecule has 70 valence electrons. The number of nitro benzene ring substituents is 1. The summed E-state index contributed by atoms with van der Waals surface area (Å²) in [4.78, 5) is 9.88. The predicted octanol–water partition coefficient (Wildman–Crippen LogP) is 1.56. The van der Waals surface area contributed by atoms with E-state index in [-0.39, 0.29) is 11.8 Å². The molecule has 1 aromatic rings. The molecule has 14 heavy (non-hydrogen) atoms. The van der Waals surface area contributed by atoms with Gasteiger partial charge in [0.15, 0.2) is 6.10 Å². The van der Waals surface area contributed by atoms with Crippen molar-refractivity contribution < 1.29 is 9.66 Å². The van der Waals surface area contributed by atoms with Gasteiger partial charge in [-0.1, -0.05) is 0 Å². The SMILES string of the molecule is N#C[C@H]1O[C@H]1c1ccc([N+](=O)[O-])cc1. The van der Waals surface area contributed by atoms with Gasteiger partial charge in [0.2, 0.25) is 0 Å². The van der Waals surface area contributed by atoms with Crippen molar-refractivity contribution in [3.63, 3.8) is 0 Å². The molecular formula is C9H6N2O3. The summed E-state index contributed by atoms with van der Waals surface area (Å²) in [7, 11) is 0. The molecule has 1 fully saturated rings. The zero-order valence-corrected chi connectivity index (χ0v) is 7.08. The number of hydrogen-bond donors (Lipinski definition) is 0. The maximum absolute atomic E-state index is 10.3. The van der Waals surface area contributed by atoms with E-state index in [1.165, 1.54) is 12.1 Å². The summed E-state index contributed by atoms with van der Waals surface area (Å²) in [5.74, 6) is 0. The number of hydrogen-bond acceptors (Lipinski definition) is 4. The van der Waals surface area contributed by atoms with E-state index >= 15 is 0 Å². The Labute approximate surface area is 79.7 Å². The minimum atomic E-state index is -0.459. The van der Waals surface area contributed by atoms with Gasteiger partial charge in [-0.25, -0.2) is 0 Å². The normalized spacial score (nSPS) is 23.9. The Morgan fingerprint density at radius 2 is 2.07 bits per heavy atom. The highest BCUT2D eigenvalue weighted by Gasteiger charge is 2.40. The van der Waals surface area contributed by atoms with Crippen LogP contribution in [0.1, 0.15) is 11.7 Å². The Bertz CT molecular complexity index is 407. The minimum absolute atomic E-state index is 0.0444. The van der Waals surface area contributed by atoms with Crippen molar-refractivity contribution in [3.8, 4) is 6.07 Å². The topological polar surface area (TPSA) is 79.5 Å². The molecule has 1 aromatic carbocycles. The van der Waals surface area contributed by atoms with Crippen LogP contribution in [0.25, 0.3) is 0 Å². The van der Waals surface area contributed by atoms with Gasteiger partial charge in [0.1, 0.15) is 6.10 Å². The van der Waals surface area contributed by atoms with Gasteiger partial charge in [-0.3, -0.25) is 10.1 Å². The van der Waals surface area contributed by atoms with Crippen molar-refractivity contribution in [1.82, 2.24) is 0 Å². The number of nitriles is 1. The van der Waals surface area contributed by atoms with Gasteiger partial charge < -0.3 is 4.74 Å². The molecule has 1 saturated heterocycles.